The normalized spacial score (nSPS) is 15.4. The molecule has 0 aliphatic carbocycles. The second kappa shape index (κ2) is 9.67. The van der Waals surface area contributed by atoms with E-state index in [1.807, 2.05) is 61.5 Å². The summed E-state index contributed by atoms with van der Waals surface area (Å²) in [4.78, 5) is 17.2. The number of amides is 1. The molecule has 1 aliphatic heterocycles. The van der Waals surface area contributed by atoms with Crippen LogP contribution in [0.1, 0.15) is 17.2 Å². The molecule has 160 valence electrons. The molecule has 5 nitrogen and oxygen atoms in total. The molecule has 0 spiro atoms. The van der Waals surface area contributed by atoms with E-state index in [-0.39, 0.29) is 11.9 Å². The molecule has 0 radical (unpaired) electrons. The van der Waals surface area contributed by atoms with Gasteiger partial charge in [-0.15, -0.1) is 0 Å². The molecule has 4 rings (SSSR count). The first-order chi connectivity index (χ1) is 15.2. The van der Waals surface area contributed by atoms with Gasteiger partial charge in [-0.05, 0) is 36.8 Å². The summed E-state index contributed by atoms with van der Waals surface area (Å²) in [7, 11) is 1.63. The van der Waals surface area contributed by atoms with Crippen molar-refractivity contribution in [3.63, 3.8) is 0 Å². The van der Waals surface area contributed by atoms with Crippen molar-refractivity contribution in [2.75, 3.05) is 43.5 Å². The number of hydrogen-bond acceptors (Lipinski definition) is 3. The van der Waals surface area contributed by atoms with Crippen LogP contribution in [0.15, 0.2) is 78.9 Å². The minimum absolute atomic E-state index is 0.00161. The summed E-state index contributed by atoms with van der Waals surface area (Å²) in [5.74, 6) is 0.674. The SMILES string of the molecule is COc1ccc(C)cc1NC(=O)[C@H](c1ccccc1)[NH+]1CCN(c2ccccc2)CC1. The highest BCUT2D eigenvalue weighted by atomic mass is 16.5. The van der Waals surface area contributed by atoms with E-state index in [9.17, 15) is 4.79 Å². The molecule has 5 heteroatoms. The average Bonchev–Trinajstić information content (AvgIpc) is 2.81. The highest BCUT2D eigenvalue weighted by molar-refractivity contribution is 5.96. The Kier molecular flexibility index (Phi) is 6.53. The largest absolute Gasteiger partial charge is 0.495 e. The van der Waals surface area contributed by atoms with Crippen molar-refractivity contribution in [1.29, 1.82) is 0 Å². The van der Waals surface area contributed by atoms with E-state index in [4.69, 9.17) is 4.74 Å². The monoisotopic (exact) mass is 416 g/mol. The van der Waals surface area contributed by atoms with E-state index in [0.29, 0.717) is 5.75 Å². The fourth-order valence-electron chi connectivity index (χ4n) is 4.32. The number of carbonyl (C=O) groups excluding carboxylic acids is 1. The molecule has 31 heavy (non-hydrogen) atoms. The molecule has 0 bridgehead atoms. The molecule has 0 unspecified atom stereocenters. The van der Waals surface area contributed by atoms with Crippen LogP contribution in [-0.2, 0) is 4.79 Å². The van der Waals surface area contributed by atoms with Crippen molar-refractivity contribution >= 4 is 17.3 Å². The average molecular weight is 417 g/mol. The maximum Gasteiger partial charge on any atom is 0.287 e. The fourth-order valence-corrected chi connectivity index (χ4v) is 4.32. The fraction of sp³-hybridized carbons (Fsp3) is 0.269. The molecule has 2 N–H and O–H groups in total. The number of methoxy groups -OCH3 is 1. The third-order valence-electron chi connectivity index (χ3n) is 5.94. The Hall–Kier alpha value is -3.31. The molecule has 3 aromatic rings. The van der Waals surface area contributed by atoms with Crippen molar-refractivity contribution in [2.45, 2.75) is 13.0 Å². The predicted octanol–water partition coefficient (Wildman–Crippen LogP) is 3.09. The van der Waals surface area contributed by atoms with Gasteiger partial charge in [-0.3, -0.25) is 4.79 Å². The minimum atomic E-state index is -0.274. The first kappa shape index (κ1) is 20.9. The Labute approximate surface area is 184 Å². The predicted molar refractivity (Wildman–Crippen MR) is 125 cm³/mol. The van der Waals surface area contributed by atoms with Gasteiger partial charge in [0.25, 0.3) is 5.91 Å². The maximum atomic E-state index is 13.5. The number of ether oxygens (including phenoxy) is 1. The summed E-state index contributed by atoms with van der Waals surface area (Å²) in [6, 6.07) is 26.1. The number of rotatable bonds is 6. The van der Waals surface area contributed by atoms with Gasteiger partial charge < -0.3 is 19.9 Å². The number of nitrogens with one attached hydrogen (secondary N) is 2. The summed E-state index contributed by atoms with van der Waals surface area (Å²) < 4.78 is 5.47. The van der Waals surface area contributed by atoms with Crippen LogP contribution in [0.4, 0.5) is 11.4 Å². The highest BCUT2D eigenvalue weighted by Gasteiger charge is 2.34. The standard InChI is InChI=1S/C26H29N3O2/c1-20-13-14-24(31-2)23(19-20)27-26(30)25(21-9-5-3-6-10-21)29-17-15-28(16-18-29)22-11-7-4-8-12-22/h3-14,19,25H,15-18H2,1-2H3,(H,27,30)/p+1/t25-/m0/s1. The molecule has 1 aliphatic rings. The summed E-state index contributed by atoms with van der Waals surface area (Å²) in [5.41, 5.74) is 4.08. The maximum absolute atomic E-state index is 13.5. The van der Waals surface area contributed by atoms with Crippen LogP contribution in [-0.4, -0.2) is 39.2 Å². The summed E-state index contributed by atoms with van der Waals surface area (Å²) in [5, 5.41) is 3.14. The minimum Gasteiger partial charge on any atom is -0.495 e. The second-order valence-corrected chi connectivity index (χ2v) is 8.02. The Bertz CT molecular complexity index is 1000. The van der Waals surface area contributed by atoms with Gasteiger partial charge in [0.1, 0.15) is 5.75 Å². The van der Waals surface area contributed by atoms with Crippen molar-refractivity contribution in [3.05, 3.63) is 90.0 Å². The number of para-hydroxylation sites is 1. The van der Waals surface area contributed by atoms with E-state index in [1.54, 1.807) is 7.11 Å². The molecule has 0 aromatic heterocycles. The quantitative estimate of drug-likeness (QED) is 0.649. The third-order valence-corrected chi connectivity index (χ3v) is 5.94. The smallest absolute Gasteiger partial charge is 0.287 e. The molecular formula is C26H30N3O2+. The number of anilines is 2. The molecule has 1 saturated heterocycles. The lowest BCUT2D eigenvalue weighted by Gasteiger charge is -2.37. The number of benzene rings is 3. The van der Waals surface area contributed by atoms with Gasteiger partial charge in [0.05, 0.1) is 39.0 Å². The molecule has 1 amide bonds. The number of aryl methyl sites for hydroxylation is 1. The number of quaternary nitrogens is 1. The van der Waals surface area contributed by atoms with E-state index < -0.39 is 0 Å². The van der Waals surface area contributed by atoms with Crippen LogP contribution in [0, 0.1) is 6.92 Å². The zero-order valence-corrected chi connectivity index (χ0v) is 18.2. The van der Waals surface area contributed by atoms with Crippen LogP contribution < -0.4 is 19.9 Å². The first-order valence-corrected chi connectivity index (χ1v) is 10.8. The van der Waals surface area contributed by atoms with E-state index >= 15 is 0 Å². The van der Waals surface area contributed by atoms with Crippen molar-refractivity contribution in [3.8, 4) is 5.75 Å². The summed E-state index contributed by atoms with van der Waals surface area (Å²) in [6.07, 6.45) is 0. The zero-order valence-electron chi connectivity index (χ0n) is 18.2. The number of piperazine rings is 1. The Morgan fingerprint density at radius 3 is 2.26 bits per heavy atom. The zero-order chi connectivity index (χ0) is 21.6. The molecule has 1 atom stereocenters. The topological polar surface area (TPSA) is 46.0 Å². The molecule has 1 heterocycles. The van der Waals surface area contributed by atoms with Gasteiger partial charge in [0.15, 0.2) is 6.04 Å². The lowest BCUT2D eigenvalue weighted by Crippen LogP contribution is -3.16. The van der Waals surface area contributed by atoms with E-state index in [0.717, 1.165) is 43.0 Å². The number of carbonyl (C=O) groups is 1. The van der Waals surface area contributed by atoms with Crippen molar-refractivity contribution in [1.82, 2.24) is 0 Å². The highest BCUT2D eigenvalue weighted by Crippen LogP contribution is 2.26. The van der Waals surface area contributed by atoms with Crippen LogP contribution in [0.25, 0.3) is 0 Å². The molecule has 3 aromatic carbocycles. The first-order valence-electron chi connectivity index (χ1n) is 10.8. The van der Waals surface area contributed by atoms with E-state index in [1.165, 1.54) is 10.6 Å². The van der Waals surface area contributed by atoms with Gasteiger partial charge in [0.2, 0.25) is 0 Å². The summed E-state index contributed by atoms with van der Waals surface area (Å²) >= 11 is 0. The molecule has 0 saturated carbocycles. The van der Waals surface area contributed by atoms with Crippen molar-refractivity contribution in [2.24, 2.45) is 0 Å². The Morgan fingerprint density at radius 1 is 0.968 bits per heavy atom. The number of hydrogen-bond donors (Lipinski definition) is 2. The van der Waals surface area contributed by atoms with Gasteiger partial charge in [-0.1, -0.05) is 54.6 Å². The Balaban J connectivity index is 1.55. The molecule has 1 fully saturated rings. The summed E-state index contributed by atoms with van der Waals surface area (Å²) in [6.45, 7) is 5.64. The van der Waals surface area contributed by atoms with Crippen LogP contribution in [0.2, 0.25) is 0 Å². The van der Waals surface area contributed by atoms with E-state index in [2.05, 4.69) is 34.5 Å². The van der Waals surface area contributed by atoms with Gasteiger partial charge in [0, 0.05) is 11.3 Å². The van der Waals surface area contributed by atoms with Gasteiger partial charge in [-0.25, -0.2) is 0 Å². The lowest BCUT2D eigenvalue weighted by atomic mass is 10.0. The van der Waals surface area contributed by atoms with Gasteiger partial charge >= 0.3 is 0 Å². The van der Waals surface area contributed by atoms with Crippen molar-refractivity contribution < 1.29 is 14.4 Å². The van der Waals surface area contributed by atoms with Crippen LogP contribution >= 0.6 is 0 Å². The van der Waals surface area contributed by atoms with Crippen LogP contribution in [0.3, 0.4) is 0 Å². The van der Waals surface area contributed by atoms with Gasteiger partial charge in [-0.2, -0.15) is 0 Å². The number of nitrogens with zero attached hydrogens (tertiary/aromatic N) is 1. The van der Waals surface area contributed by atoms with Crippen LogP contribution in [0.5, 0.6) is 5.75 Å². The molecular weight excluding hydrogens is 386 g/mol. The Morgan fingerprint density at radius 2 is 1.61 bits per heavy atom. The third kappa shape index (κ3) is 4.89. The lowest BCUT2D eigenvalue weighted by molar-refractivity contribution is -0.922. The second-order valence-electron chi connectivity index (χ2n) is 8.02.